The number of hydrogen-bond donors (Lipinski definition) is 2. The molecule has 3 N–H and O–H groups in total. The van der Waals surface area contributed by atoms with E-state index < -0.39 is 10.0 Å². The van der Waals surface area contributed by atoms with Gasteiger partial charge < -0.3 is 10.5 Å². The largest absolute Gasteiger partial charge is 0.496 e. The Balaban J connectivity index is 2.18. The number of nitrogens with two attached hydrogens (primary N) is 1. The van der Waals surface area contributed by atoms with Gasteiger partial charge in [0.05, 0.1) is 17.3 Å². The van der Waals surface area contributed by atoms with Crippen molar-refractivity contribution in [2.75, 3.05) is 17.6 Å². The molecular weight excluding hydrogens is 356 g/mol. The minimum atomic E-state index is -3.54. The highest BCUT2D eigenvalue weighted by Gasteiger charge is 2.14. The van der Waals surface area contributed by atoms with E-state index in [2.05, 4.69) is 20.7 Å². The van der Waals surface area contributed by atoms with Crippen LogP contribution in [-0.4, -0.2) is 15.5 Å². The number of nitrogen functional groups attached to an aromatic ring is 1. The molecule has 0 amide bonds. The van der Waals surface area contributed by atoms with Crippen molar-refractivity contribution in [1.82, 2.24) is 0 Å². The molecule has 0 aliphatic carbocycles. The van der Waals surface area contributed by atoms with Crippen molar-refractivity contribution in [1.29, 1.82) is 0 Å². The van der Waals surface area contributed by atoms with Crippen LogP contribution in [0.5, 0.6) is 5.75 Å². The van der Waals surface area contributed by atoms with Crippen molar-refractivity contribution in [3.63, 3.8) is 0 Å². The summed E-state index contributed by atoms with van der Waals surface area (Å²) < 4.78 is 32.6. The molecule has 0 unspecified atom stereocenters. The average Bonchev–Trinajstić information content (AvgIpc) is 2.41. The maximum atomic E-state index is 12.2. The van der Waals surface area contributed by atoms with Gasteiger partial charge in [-0.2, -0.15) is 0 Å². The summed E-state index contributed by atoms with van der Waals surface area (Å²) in [6.45, 7) is 0. The van der Waals surface area contributed by atoms with E-state index in [0.717, 1.165) is 0 Å². The molecule has 0 atom stereocenters. The Bertz CT molecular complexity index is 748. The lowest BCUT2D eigenvalue weighted by Gasteiger charge is -2.11. The fraction of sp³-hybridized carbons (Fsp3) is 0.143. The predicted molar refractivity (Wildman–Crippen MR) is 87.8 cm³/mol. The van der Waals surface area contributed by atoms with Crippen LogP contribution in [0.1, 0.15) is 5.56 Å². The zero-order valence-electron chi connectivity index (χ0n) is 11.3. The molecule has 21 heavy (non-hydrogen) atoms. The Kier molecular flexibility index (Phi) is 4.74. The number of benzene rings is 2. The number of methoxy groups -OCH3 is 1. The highest BCUT2D eigenvalue weighted by Crippen LogP contribution is 2.28. The second-order valence-electron chi connectivity index (χ2n) is 4.41. The average molecular weight is 371 g/mol. The van der Waals surface area contributed by atoms with Crippen LogP contribution in [-0.2, 0) is 15.8 Å². The lowest BCUT2D eigenvalue weighted by Crippen LogP contribution is -2.16. The standard InChI is InChI=1S/C14H15BrN2O3S/c1-20-14-7-6-11(8-12(14)15)17-21(18,19)9-10-4-2-3-5-13(10)16/h2-8,17H,9,16H2,1H3. The summed E-state index contributed by atoms with van der Waals surface area (Å²) in [7, 11) is -1.99. The van der Waals surface area contributed by atoms with Crippen molar-refractivity contribution >= 4 is 37.3 Å². The van der Waals surface area contributed by atoms with Crippen molar-refractivity contribution < 1.29 is 13.2 Å². The van der Waals surface area contributed by atoms with Crippen molar-refractivity contribution in [3.05, 3.63) is 52.5 Å². The highest BCUT2D eigenvalue weighted by molar-refractivity contribution is 9.10. The number of rotatable bonds is 5. The molecule has 0 aliphatic rings. The Morgan fingerprint density at radius 3 is 2.57 bits per heavy atom. The quantitative estimate of drug-likeness (QED) is 0.792. The summed E-state index contributed by atoms with van der Waals surface area (Å²) in [5, 5.41) is 0. The number of sulfonamides is 1. The van der Waals surface area contributed by atoms with E-state index in [9.17, 15) is 8.42 Å². The molecule has 0 aliphatic heterocycles. The molecule has 5 nitrogen and oxygen atoms in total. The zero-order valence-corrected chi connectivity index (χ0v) is 13.7. The molecule has 2 aromatic rings. The van der Waals surface area contributed by atoms with E-state index in [1.54, 1.807) is 49.6 Å². The van der Waals surface area contributed by atoms with Gasteiger partial charge in [0, 0.05) is 11.4 Å². The lowest BCUT2D eigenvalue weighted by molar-refractivity contribution is 0.412. The second-order valence-corrected chi connectivity index (χ2v) is 6.99. The fourth-order valence-electron chi connectivity index (χ4n) is 1.82. The lowest BCUT2D eigenvalue weighted by atomic mass is 10.2. The number of ether oxygens (including phenoxy) is 1. The van der Waals surface area contributed by atoms with Crippen LogP contribution in [0.4, 0.5) is 11.4 Å². The third kappa shape index (κ3) is 4.12. The molecule has 0 radical (unpaired) electrons. The number of nitrogens with one attached hydrogen (secondary N) is 1. The molecule has 2 rings (SSSR count). The van der Waals surface area contributed by atoms with Gasteiger partial charge in [0.1, 0.15) is 5.75 Å². The second kappa shape index (κ2) is 6.36. The first-order valence-electron chi connectivity index (χ1n) is 6.09. The number of anilines is 2. The molecular formula is C14H15BrN2O3S. The number of halogens is 1. The molecule has 0 saturated heterocycles. The Hall–Kier alpha value is -1.73. The minimum Gasteiger partial charge on any atom is -0.496 e. The molecule has 0 fully saturated rings. The molecule has 0 bridgehead atoms. The fourth-order valence-corrected chi connectivity index (χ4v) is 3.59. The van der Waals surface area contributed by atoms with Gasteiger partial charge in [-0.1, -0.05) is 18.2 Å². The Labute approximate surface area is 132 Å². The summed E-state index contributed by atoms with van der Waals surface area (Å²) >= 11 is 3.31. The summed E-state index contributed by atoms with van der Waals surface area (Å²) in [5.41, 5.74) is 7.25. The third-order valence-electron chi connectivity index (χ3n) is 2.83. The van der Waals surface area contributed by atoms with Gasteiger partial charge in [0.25, 0.3) is 0 Å². The normalized spacial score (nSPS) is 11.1. The van der Waals surface area contributed by atoms with E-state index in [0.29, 0.717) is 27.2 Å². The van der Waals surface area contributed by atoms with E-state index in [1.165, 1.54) is 0 Å². The molecule has 0 spiro atoms. The number of para-hydroxylation sites is 1. The van der Waals surface area contributed by atoms with E-state index >= 15 is 0 Å². The molecule has 0 aromatic heterocycles. The van der Waals surface area contributed by atoms with Crippen LogP contribution in [0, 0.1) is 0 Å². The first kappa shape index (κ1) is 15.7. The molecule has 112 valence electrons. The van der Waals surface area contributed by atoms with Gasteiger partial charge in [-0.25, -0.2) is 8.42 Å². The van der Waals surface area contributed by atoms with Crippen molar-refractivity contribution in [3.8, 4) is 5.75 Å². The van der Waals surface area contributed by atoms with E-state index in [1.807, 2.05) is 0 Å². The zero-order chi connectivity index (χ0) is 15.5. The van der Waals surface area contributed by atoms with Crippen LogP contribution in [0.2, 0.25) is 0 Å². The topological polar surface area (TPSA) is 81.4 Å². The molecule has 0 heterocycles. The van der Waals surface area contributed by atoms with Gasteiger partial charge in [-0.05, 0) is 45.8 Å². The summed E-state index contributed by atoms with van der Waals surface area (Å²) in [4.78, 5) is 0. The Morgan fingerprint density at radius 1 is 1.24 bits per heavy atom. The highest BCUT2D eigenvalue weighted by atomic mass is 79.9. The summed E-state index contributed by atoms with van der Waals surface area (Å²) in [5.74, 6) is 0.453. The predicted octanol–water partition coefficient (Wildman–Crippen LogP) is 2.98. The van der Waals surface area contributed by atoms with E-state index in [-0.39, 0.29) is 5.75 Å². The monoisotopic (exact) mass is 370 g/mol. The third-order valence-corrected chi connectivity index (χ3v) is 4.68. The maximum absolute atomic E-state index is 12.2. The van der Waals surface area contributed by atoms with Gasteiger partial charge >= 0.3 is 0 Å². The van der Waals surface area contributed by atoms with Crippen molar-refractivity contribution in [2.45, 2.75) is 5.75 Å². The first-order chi connectivity index (χ1) is 9.91. The smallest absolute Gasteiger partial charge is 0.236 e. The Morgan fingerprint density at radius 2 is 1.95 bits per heavy atom. The van der Waals surface area contributed by atoms with Crippen LogP contribution in [0.15, 0.2) is 46.9 Å². The molecule has 0 saturated carbocycles. The van der Waals surface area contributed by atoms with Crippen LogP contribution < -0.4 is 15.2 Å². The van der Waals surface area contributed by atoms with Crippen LogP contribution >= 0.6 is 15.9 Å². The molecule has 7 heteroatoms. The van der Waals surface area contributed by atoms with Crippen LogP contribution in [0.3, 0.4) is 0 Å². The first-order valence-corrected chi connectivity index (χ1v) is 8.53. The maximum Gasteiger partial charge on any atom is 0.236 e. The number of hydrogen-bond acceptors (Lipinski definition) is 4. The minimum absolute atomic E-state index is 0.177. The summed E-state index contributed by atoms with van der Waals surface area (Å²) in [6.07, 6.45) is 0. The van der Waals surface area contributed by atoms with E-state index in [4.69, 9.17) is 10.5 Å². The van der Waals surface area contributed by atoms with Gasteiger partial charge in [0.15, 0.2) is 0 Å². The van der Waals surface area contributed by atoms with Gasteiger partial charge in [0.2, 0.25) is 10.0 Å². The SMILES string of the molecule is COc1ccc(NS(=O)(=O)Cc2ccccc2N)cc1Br. The van der Waals surface area contributed by atoms with Gasteiger partial charge in [-0.15, -0.1) is 0 Å². The van der Waals surface area contributed by atoms with Crippen LogP contribution in [0.25, 0.3) is 0 Å². The summed E-state index contributed by atoms with van der Waals surface area (Å²) in [6, 6.07) is 11.8. The van der Waals surface area contributed by atoms with Crippen molar-refractivity contribution in [2.24, 2.45) is 0 Å². The molecule has 2 aromatic carbocycles. The van der Waals surface area contributed by atoms with Gasteiger partial charge in [-0.3, -0.25) is 4.72 Å².